The summed E-state index contributed by atoms with van der Waals surface area (Å²) in [6, 6.07) is 11.6. The maximum Gasteiger partial charge on any atom is 0.0899 e. The Morgan fingerprint density at radius 2 is 1.65 bits per heavy atom. The van der Waals surface area contributed by atoms with Gasteiger partial charge in [-0.15, -0.1) is 0 Å². The van der Waals surface area contributed by atoms with E-state index in [-0.39, 0.29) is 5.92 Å². The van der Waals surface area contributed by atoms with E-state index in [1.807, 2.05) is 42.5 Å². The van der Waals surface area contributed by atoms with Crippen molar-refractivity contribution in [3.63, 3.8) is 0 Å². The minimum Gasteiger partial charge on any atom is -0.387 e. The summed E-state index contributed by atoms with van der Waals surface area (Å²) in [5, 5.41) is 11.3. The molecule has 4 heteroatoms. The quantitative estimate of drug-likeness (QED) is 0.634. The monoisotopic (exact) mass is 412 g/mol. The van der Waals surface area contributed by atoms with Crippen LogP contribution in [0, 0.1) is 0 Å². The van der Waals surface area contributed by atoms with Crippen LogP contribution >= 0.6 is 43.5 Å². The number of rotatable bonds is 1. The summed E-state index contributed by atoms with van der Waals surface area (Å²) in [5.41, 5.74) is 3.03. The van der Waals surface area contributed by atoms with Crippen molar-refractivity contribution in [3.8, 4) is 0 Å². The topological polar surface area (TPSA) is 20.2 Å². The highest BCUT2D eigenvalue weighted by molar-refractivity contribution is 9.13. The number of halogens is 3. The third-order valence-corrected chi connectivity index (χ3v) is 5.62. The van der Waals surface area contributed by atoms with Crippen molar-refractivity contribution in [2.75, 3.05) is 0 Å². The summed E-state index contributed by atoms with van der Waals surface area (Å²) >= 11 is 12.9. The van der Waals surface area contributed by atoms with E-state index in [0.717, 1.165) is 25.6 Å². The molecule has 1 nitrogen and oxygen atoms in total. The minimum absolute atomic E-state index is 0.0483. The molecule has 0 fully saturated rings. The van der Waals surface area contributed by atoms with Crippen molar-refractivity contribution in [2.24, 2.45) is 0 Å². The van der Waals surface area contributed by atoms with Crippen LogP contribution in [0.5, 0.6) is 0 Å². The third kappa shape index (κ3) is 2.60. The van der Waals surface area contributed by atoms with Gasteiger partial charge in [0, 0.05) is 19.9 Å². The van der Waals surface area contributed by atoms with Gasteiger partial charge in [0.05, 0.1) is 6.10 Å². The molecule has 102 valence electrons. The van der Waals surface area contributed by atoms with Crippen LogP contribution in [0.15, 0.2) is 51.4 Å². The highest BCUT2D eigenvalue weighted by Crippen LogP contribution is 2.41. The zero-order chi connectivity index (χ0) is 14.3. The third-order valence-electron chi connectivity index (χ3n) is 3.52. The van der Waals surface area contributed by atoms with E-state index >= 15 is 0 Å². The van der Waals surface area contributed by atoms with E-state index in [9.17, 15) is 5.11 Å². The van der Waals surface area contributed by atoms with Crippen molar-refractivity contribution in [3.05, 3.63) is 73.1 Å². The Morgan fingerprint density at radius 3 is 2.35 bits per heavy atom. The second-order valence-electron chi connectivity index (χ2n) is 4.78. The van der Waals surface area contributed by atoms with Crippen LogP contribution in [0.4, 0.5) is 0 Å². The molecule has 0 radical (unpaired) electrons. The first-order valence-corrected chi connectivity index (χ1v) is 8.13. The smallest absolute Gasteiger partial charge is 0.0899 e. The van der Waals surface area contributed by atoms with Crippen LogP contribution in [0.1, 0.15) is 28.7 Å². The molecule has 0 bridgehead atoms. The summed E-state index contributed by atoms with van der Waals surface area (Å²) in [5.74, 6) is -0.0483. The number of hydrogen-bond donors (Lipinski definition) is 1. The van der Waals surface area contributed by atoms with Crippen molar-refractivity contribution in [2.45, 2.75) is 12.0 Å². The molecule has 0 unspecified atom stereocenters. The standard InChI is InChI=1S/C16H11Br2ClO/c17-14-7-10-3-6-12(9-1-4-11(19)5-2-9)16(20)13(10)8-15(14)18/h1-8,12,16,20H/t12-,16+/m1/s1. The van der Waals surface area contributed by atoms with E-state index < -0.39 is 6.10 Å². The molecule has 0 spiro atoms. The van der Waals surface area contributed by atoms with E-state index in [0.29, 0.717) is 5.02 Å². The first kappa shape index (κ1) is 14.3. The zero-order valence-electron chi connectivity index (χ0n) is 10.4. The van der Waals surface area contributed by atoms with Crippen LogP contribution in [0.3, 0.4) is 0 Å². The first-order valence-electron chi connectivity index (χ1n) is 6.17. The lowest BCUT2D eigenvalue weighted by atomic mass is 9.83. The van der Waals surface area contributed by atoms with Crippen LogP contribution in [0.2, 0.25) is 5.02 Å². The Hall–Kier alpha value is -0.610. The first-order chi connectivity index (χ1) is 9.56. The van der Waals surface area contributed by atoms with Gasteiger partial charge in [-0.05, 0) is 72.8 Å². The molecule has 0 saturated carbocycles. The van der Waals surface area contributed by atoms with Crippen molar-refractivity contribution >= 4 is 49.5 Å². The Kier molecular flexibility index (Phi) is 4.04. The fraction of sp³-hybridized carbons (Fsp3) is 0.125. The molecule has 2 atom stereocenters. The van der Waals surface area contributed by atoms with E-state index in [1.54, 1.807) is 0 Å². The molecule has 2 aromatic rings. The average Bonchev–Trinajstić information content (AvgIpc) is 2.43. The van der Waals surface area contributed by atoms with Gasteiger partial charge in [-0.3, -0.25) is 0 Å². The van der Waals surface area contributed by atoms with E-state index in [2.05, 4.69) is 37.9 Å². The van der Waals surface area contributed by atoms with Crippen LogP contribution in [-0.2, 0) is 0 Å². The minimum atomic E-state index is -0.555. The van der Waals surface area contributed by atoms with Crippen LogP contribution in [-0.4, -0.2) is 5.11 Å². The van der Waals surface area contributed by atoms with Gasteiger partial charge in [0.15, 0.2) is 0 Å². The maximum absolute atomic E-state index is 10.6. The van der Waals surface area contributed by atoms with Gasteiger partial charge >= 0.3 is 0 Å². The molecule has 1 aliphatic rings. The zero-order valence-corrected chi connectivity index (χ0v) is 14.3. The lowest BCUT2D eigenvalue weighted by molar-refractivity contribution is 0.160. The molecule has 3 rings (SSSR count). The van der Waals surface area contributed by atoms with Gasteiger partial charge in [0.2, 0.25) is 0 Å². The maximum atomic E-state index is 10.6. The molecule has 0 aromatic heterocycles. The van der Waals surface area contributed by atoms with Crippen LogP contribution in [0.25, 0.3) is 6.08 Å². The molecule has 0 saturated heterocycles. The molecule has 0 aliphatic heterocycles. The number of aliphatic hydroxyl groups is 1. The van der Waals surface area contributed by atoms with Gasteiger partial charge in [0.1, 0.15) is 0 Å². The van der Waals surface area contributed by atoms with Gasteiger partial charge in [-0.1, -0.05) is 35.9 Å². The van der Waals surface area contributed by atoms with Crippen molar-refractivity contribution in [1.82, 2.24) is 0 Å². The largest absolute Gasteiger partial charge is 0.387 e. The normalized spacial score (nSPS) is 20.8. The highest BCUT2D eigenvalue weighted by Gasteiger charge is 2.26. The molecular formula is C16H11Br2ClO. The molecule has 0 heterocycles. The molecule has 20 heavy (non-hydrogen) atoms. The summed E-state index contributed by atoms with van der Waals surface area (Å²) in [4.78, 5) is 0. The number of benzene rings is 2. The number of fused-ring (bicyclic) bond motifs is 1. The molecule has 1 aliphatic carbocycles. The Labute approximate surface area is 139 Å². The second-order valence-corrected chi connectivity index (χ2v) is 6.92. The predicted octanol–water partition coefficient (Wildman–Crippen LogP) is 5.71. The summed E-state index contributed by atoms with van der Waals surface area (Å²) in [6.07, 6.45) is 3.54. The van der Waals surface area contributed by atoms with Gasteiger partial charge in [0.25, 0.3) is 0 Å². The summed E-state index contributed by atoms with van der Waals surface area (Å²) in [6.45, 7) is 0. The number of hydrogen-bond acceptors (Lipinski definition) is 1. The molecular weight excluding hydrogens is 403 g/mol. The second kappa shape index (κ2) is 5.64. The Morgan fingerprint density at radius 1 is 1.00 bits per heavy atom. The lowest BCUT2D eigenvalue weighted by Crippen LogP contribution is -2.13. The fourth-order valence-corrected chi connectivity index (χ4v) is 3.31. The van der Waals surface area contributed by atoms with Crippen molar-refractivity contribution in [1.29, 1.82) is 0 Å². The molecule has 0 amide bonds. The van der Waals surface area contributed by atoms with Gasteiger partial charge in [-0.25, -0.2) is 0 Å². The van der Waals surface area contributed by atoms with Crippen molar-refractivity contribution < 1.29 is 5.11 Å². The highest BCUT2D eigenvalue weighted by atomic mass is 79.9. The van der Waals surface area contributed by atoms with E-state index in [4.69, 9.17) is 11.6 Å². The Balaban J connectivity index is 2.03. The van der Waals surface area contributed by atoms with Crippen LogP contribution < -0.4 is 0 Å². The predicted molar refractivity (Wildman–Crippen MR) is 90.0 cm³/mol. The number of aliphatic hydroxyl groups excluding tert-OH is 1. The lowest BCUT2D eigenvalue weighted by Gasteiger charge is -2.26. The van der Waals surface area contributed by atoms with Gasteiger partial charge in [-0.2, -0.15) is 0 Å². The Bertz CT molecular complexity index is 680. The fourth-order valence-electron chi connectivity index (χ4n) is 2.46. The SMILES string of the molecule is O[C@@H]1c2cc(Br)c(Br)cc2C=C[C@@H]1c1ccc(Cl)cc1. The molecule has 1 N–H and O–H groups in total. The summed E-state index contributed by atoms with van der Waals surface area (Å²) < 4.78 is 1.93. The summed E-state index contributed by atoms with van der Waals surface area (Å²) in [7, 11) is 0. The van der Waals surface area contributed by atoms with Gasteiger partial charge < -0.3 is 5.11 Å². The molecule has 2 aromatic carbocycles. The van der Waals surface area contributed by atoms with E-state index in [1.165, 1.54) is 0 Å². The average molecular weight is 415 g/mol.